The topological polar surface area (TPSA) is 12.0 Å². The molecule has 0 amide bonds. The van der Waals surface area contributed by atoms with E-state index in [1.165, 1.54) is 10.5 Å². The van der Waals surface area contributed by atoms with Gasteiger partial charge in [0.25, 0.3) is 0 Å². The first-order chi connectivity index (χ1) is 9.45. The number of hydrogen-bond donors (Lipinski definition) is 1. The molecule has 100 valence electrons. The molecule has 0 saturated heterocycles. The molecule has 1 nitrogen and oxygen atoms in total. The highest BCUT2D eigenvalue weighted by atomic mass is 33.1. The standard InChI is InChI=1S/C16H19NS2/c1-3-7-15(8-4-1)11-12-17-13-14-18-19-16-9-5-2-6-10-16/h1-10,17H,11-14H2. The lowest BCUT2D eigenvalue weighted by atomic mass is 10.1. The molecular weight excluding hydrogens is 270 g/mol. The van der Waals surface area contributed by atoms with Gasteiger partial charge in [0.1, 0.15) is 0 Å². The van der Waals surface area contributed by atoms with Crippen LogP contribution in [-0.2, 0) is 6.42 Å². The Hall–Kier alpha value is -0.900. The largest absolute Gasteiger partial charge is 0.316 e. The summed E-state index contributed by atoms with van der Waals surface area (Å²) < 4.78 is 0. The summed E-state index contributed by atoms with van der Waals surface area (Å²) in [6, 6.07) is 21.2. The van der Waals surface area contributed by atoms with E-state index in [4.69, 9.17) is 0 Å². The minimum atomic E-state index is 1.06. The van der Waals surface area contributed by atoms with Crippen molar-refractivity contribution in [2.24, 2.45) is 0 Å². The van der Waals surface area contributed by atoms with Crippen molar-refractivity contribution in [3.05, 3.63) is 66.2 Å². The fraction of sp³-hybridized carbons (Fsp3) is 0.250. The first-order valence-corrected chi connectivity index (χ1v) is 8.86. The van der Waals surface area contributed by atoms with Crippen molar-refractivity contribution in [3.8, 4) is 0 Å². The Morgan fingerprint density at radius 3 is 2.21 bits per heavy atom. The van der Waals surface area contributed by atoms with Crippen LogP contribution < -0.4 is 5.32 Å². The SMILES string of the molecule is c1ccc(CCNCCSSc2ccccc2)cc1. The Bertz CT molecular complexity index is 401. The van der Waals surface area contributed by atoms with Crippen LogP contribution in [0.2, 0.25) is 0 Å². The molecule has 0 aliphatic rings. The van der Waals surface area contributed by atoms with Gasteiger partial charge >= 0.3 is 0 Å². The van der Waals surface area contributed by atoms with Crippen LogP contribution in [-0.4, -0.2) is 18.8 Å². The van der Waals surface area contributed by atoms with E-state index in [1.54, 1.807) is 0 Å². The van der Waals surface area contributed by atoms with Crippen molar-refractivity contribution in [2.45, 2.75) is 11.3 Å². The van der Waals surface area contributed by atoms with Crippen molar-refractivity contribution >= 4 is 21.6 Å². The van der Waals surface area contributed by atoms with Crippen LogP contribution in [0.25, 0.3) is 0 Å². The third kappa shape index (κ3) is 6.19. The van der Waals surface area contributed by atoms with Gasteiger partial charge in [0.2, 0.25) is 0 Å². The predicted molar refractivity (Wildman–Crippen MR) is 87.8 cm³/mol. The highest BCUT2D eigenvalue weighted by molar-refractivity contribution is 8.76. The van der Waals surface area contributed by atoms with Crippen molar-refractivity contribution < 1.29 is 0 Å². The molecule has 2 aromatic carbocycles. The molecule has 0 aromatic heterocycles. The van der Waals surface area contributed by atoms with Gasteiger partial charge in [-0.05, 0) is 30.7 Å². The van der Waals surface area contributed by atoms with E-state index in [9.17, 15) is 0 Å². The van der Waals surface area contributed by atoms with Gasteiger partial charge in [0.05, 0.1) is 0 Å². The second-order valence-corrected chi connectivity index (χ2v) is 6.69. The third-order valence-electron chi connectivity index (χ3n) is 2.69. The quantitative estimate of drug-likeness (QED) is 0.576. The van der Waals surface area contributed by atoms with Gasteiger partial charge < -0.3 is 5.32 Å². The molecule has 0 heterocycles. The Balaban J connectivity index is 1.49. The van der Waals surface area contributed by atoms with Gasteiger partial charge in [-0.25, -0.2) is 0 Å². The number of nitrogens with one attached hydrogen (secondary N) is 1. The van der Waals surface area contributed by atoms with E-state index >= 15 is 0 Å². The van der Waals surface area contributed by atoms with Gasteiger partial charge in [0.15, 0.2) is 0 Å². The first-order valence-electron chi connectivity index (χ1n) is 6.54. The third-order valence-corrected chi connectivity index (χ3v) is 5.08. The van der Waals surface area contributed by atoms with E-state index in [2.05, 4.69) is 66.0 Å². The molecule has 3 heteroatoms. The van der Waals surface area contributed by atoms with Gasteiger partial charge in [0, 0.05) is 17.2 Å². The average Bonchev–Trinajstić information content (AvgIpc) is 2.48. The fourth-order valence-electron chi connectivity index (χ4n) is 1.70. The zero-order valence-corrected chi connectivity index (χ0v) is 12.6. The van der Waals surface area contributed by atoms with Crippen LogP contribution in [0, 0.1) is 0 Å². The highest BCUT2D eigenvalue weighted by Crippen LogP contribution is 2.29. The maximum absolute atomic E-state index is 3.49. The zero-order chi connectivity index (χ0) is 13.2. The first kappa shape index (κ1) is 14.5. The van der Waals surface area contributed by atoms with Crippen molar-refractivity contribution in [1.82, 2.24) is 5.32 Å². The molecule has 2 rings (SSSR count). The second-order valence-electron chi connectivity index (χ2n) is 4.20. The molecule has 19 heavy (non-hydrogen) atoms. The summed E-state index contributed by atoms with van der Waals surface area (Å²) >= 11 is 0. The maximum Gasteiger partial charge on any atom is 0.0182 e. The fourth-order valence-corrected chi connectivity index (χ4v) is 3.66. The summed E-state index contributed by atoms with van der Waals surface area (Å²) in [6.07, 6.45) is 1.11. The van der Waals surface area contributed by atoms with Crippen LogP contribution in [0.15, 0.2) is 65.6 Å². The maximum atomic E-state index is 3.49. The van der Waals surface area contributed by atoms with E-state index in [0.29, 0.717) is 0 Å². The molecule has 0 aliphatic carbocycles. The number of rotatable bonds is 8. The summed E-state index contributed by atoms with van der Waals surface area (Å²) in [5, 5.41) is 3.49. The molecule has 2 aromatic rings. The normalized spacial score (nSPS) is 10.5. The smallest absolute Gasteiger partial charge is 0.0182 e. The average molecular weight is 289 g/mol. The van der Waals surface area contributed by atoms with Crippen LogP contribution in [0.4, 0.5) is 0 Å². The van der Waals surface area contributed by atoms with E-state index in [0.717, 1.165) is 25.3 Å². The molecule has 0 unspecified atom stereocenters. The molecule has 0 saturated carbocycles. The van der Waals surface area contributed by atoms with E-state index in [-0.39, 0.29) is 0 Å². The molecule has 0 bridgehead atoms. The Labute approximate surface area is 123 Å². The lowest BCUT2D eigenvalue weighted by molar-refractivity contribution is 0.722. The number of benzene rings is 2. The molecular formula is C16H19NS2. The van der Waals surface area contributed by atoms with Crippen LogP contribution >= 0.6 is 21.6 Å². The van der Waals surface area contributed by atoms with Crippen molar-refractivity contribution in [2.75, 3.05) is 18.8 Å². The second kappa shape index (κ2) is 9.08. The molecule has 0 fully saturated rings. The summed E-state index contributed by atoms with van der Waals surface area (Å²) in [4.78, 5) is 1.33. The molecule has 1 N–H and O–H groups in total. The Kier molecular flexibility index (Phi) is 6.93. The Morgan fingerprint density at radius 1 is 0.789 bits per heavy atom. The van der Waals surface area contributed by atoms with Crippen molar-refractivity contribution in [1.29, 1.82) is 0 Å². The lowest BCUT2D eigenvalue weighted by Gasteiger charge is -2.04. The summed E-state index contributed by atoms with van der Waals surface area (Å²) in [5.74, 6) is 1.13. The summed E-state index contributed by atoms with van der Waals surface area (Å²) in [7, 11) is 3.76. The van der Waals surface area contributed by atoms with Gasteiger partial charge in [-0.3, -0.25) is 0 Å². The Morgan fingerprint density at radius 2 is 1.47 bits per heavy atom. The molecule has 0 atom stereocenters. The lowest BCUT2D eigenvalue weighted by Crippen LogP contribution is -2.19. The summed E-state index contributed by atoms with van der Waals surface area (Å²) in [6.45, 7) is 2.12. The summed E-state index contributed by atoms with van der Waals surface area (Å²) in [5.41, 5.74) is 1.40. The number of hydrogen-bond acceptors (Lipinski definition) is 3. The van der Waals surface area contributed by atoms with E-state index < -0.39 is 0 Å². The minimum absolute atomic E-state index is 1.06. The predicted octanol–water partition coefficient (Wildman–Crippen LogP) is 4.26. The van der Waals surface area contributed by atoms with Gasteiger partial charge in [-0.15, -0.1) is 0 Å². The van der Waals surface area contributed by atoms with Gasteiger partial charge in [-0.1, -0.05) is 70.1 Å². The minimum Gasteiger partial charge on any atom is -0.316 e. The highest BCUT2D eigenvalue weighted by Gasteiger charge is 1.94. The van der Waals surface area contributed by atoms with Gasteiger partial charge in [-0.2, -0.15) is 0 Å². The molecule has 0 radical (unpaired) electrons. The van der Waals surface area contributed by atoms with Crippen molar-refractivity contribution in [3.63, 3.8) is 0 Å². The van der Waals surface area contributed by atoms with Crippen LogP contribution in [0.3, 0.4) is 0 Å². The van der Waals surface area contributed by atoms with Crippen LogP contribution in [0.5, 0.6) is 0 Å². The molecule has 0 aliphatic heterocycles. The monoisotopic (exact) mass is 289 g/mol. The molecule has 0 spiro atoms. The van der Waals surface area contributed by atoms with Crippen LogP contribution in [0.1, 0.15) is 5.56 Å². The zero-order valence-electron chi connectivity index (χ0n) is 10.9. The van der Waals surface area contributed by atoms with E-state index in [1.807, 2.05) is 21.6 Å².